The van der Waals surface area contributed by atoms with Crippen LogP contribution in [0, 0.1) is 0 Å². The van der Waals surface area contributed by atoms with Crippen LogP contribution in [0.25, 0.3) is 0 Å². The lowest BCUT2D eigenvalue weighted by Crippen LogP contribution is -2.68. The van der Waals surface area contributed by atoms with Gasteiger partial charge in [0.15, 0.2) is 18.9 Å². The molecule has 18 atom stereocenters. The van der Waals surface area contributed by atoms with E-state index < -0.39 is 130 Å². The van der Waals surface area contributed by atoms with Crippen molar-refractivity contribution in [2.24, 2.45) is 0 Å². The third kappa shape index (κ3) is 7.79. The molecule has 2 heterocycles. The van der Waals surface area contributed by atoms with Gasteiger partial charge in [-0.05, 0) is 12.5 Å². The quantitative estimate of drug-likeness (QED) is 0.0653. The third-order valence-corrected chi connectivity index (χ3v) is 8.03. The Hall–Kier alpha value is -1.31. The number of aliphatic hydroxyl groups excluding tert-OH is 13. The second-order valence-corrected chi connectivity index (χ2v) is 11.0. The topological polar surface area (TPSA) is 329 Å². The Bertz CT molecular complexity index is 943. The van der Waals surface area contributed by atoms with Gasteiger partial charge in [-0.25, -0.2) is 0 Å². The Morgan fingerprint density at radius 2 is 1.52 bits per heavy atom. The molecule has 19 heteroatoms. The van der Waals surface area contributed by atoms with Crippen LogP contribution in [0.2, 0.25) is 0 Å². The van der Waals surface area contributed by atoms with E-state index in [1.54, 1.807) is 0 Å². The van der Waals surface area contributed by atoms with E-state index in [1.807, 2.05) is 0 Å². The van der Waals surface area contributed by atoms with Gasteiger partial charge in [-0.1, -0.05) is 6.08 Å². The van der Waals surface area contributed by atoms with Crippen LogP contribution in [0.4, 0.5) is 0 Å². The monoisotopic (exact) mass is 645 g/mol. The van der Waals surface area contributed by atoms with E-state index in [-0.39, 0.29) is 11.9 Å². The van der Waals surface area contributed by atoms with Gasteiger partial charge in [0.25, 0.3) is 0 Å². The molecular weight excluding hydrogens is 602 g/mol. The Balaban J connectivity index is 1.71. The lowest BCUT2D eigenvalue weighted by atomic mass is 9.86. The van der Waals surface area contributed by atoms with Gasteiger partial charge in [0.2, 0.25) is 0 Å². The van der Waals surface area contributed by atoms with Crippen molar-refractivity contribution in [1.82, 2.24) is 5.32 Å². The molecule has 0 spiro atoms. The first-order valence-electron chi connectivity index (χ1n) is 13.9. The number of aliphatic hydroxyl groups is 13. The van der Waals surface area contributed by atoms with Crippen molar-refractivity contribution in [3.05, 3.63) is 11.6 Å². The lowest BCUT2D eigenvalue weighted by Gasteiger charge is -2.48. The summed E-state index contributed by atoms with van der Waals surface area (Å²) in [5, 5.41) is 135. The number of ether oxygens (including phenoxy) is 4. The molecule has 2 saturated heterocycles. The zero-order valence-electron chi connectivity index (χ0n) is 23.5. The number of hydrogen-bond acceptors (Lipinski definition) is 19. The molecule has 2 fully saturated rings. The first kappa shape index (κ1) is 37.2. The summed E-state index contributed by atoms with van der Waals surface area (Å²) < 4.78 is 22.0. The van der Waals surface area contributed by atoms with Crippen molar-refractivity contribution in [2.45, 2.75) is 117 Å². The number of carbonyl (C=O) groups is 1. The van der Waals surface area contributed by atoms with E-state index in [2.05, 4.69) is 5.32 Å². The summed E-state index contributed by atoms with van der Waals surface area (Å²) in [6, 6.07) is -2.21. The van der Waals surface area contributed by atoms with E-state index in [4.69, 9.17) is 18.9 Å². The van der Waals surface area contributed by atoms with Crippen molar-refractivity contribution in [2.75, 3.05) is 19.8 Å². The highest BCUT2D eigenvalue weighted by Crippen LogP contribution is 2.31. The summed E-state index contributed by atoms with van der Waals surface area (Å²) in [5.41, 5.74) is 0.00900. The summed E-state index contributed by atoms with van der Waals surface area (Å²) in [4.78, 5) is 10.9. The van der Waals surface area contributed by atoms with Gasteiger partial charge in [0.1, 0.15) is 79.4 Å². The first-order chi connectivity index (χ1) is 20.7. The van der Waals surface area contributed by atoms with Gasteiger partial charge in [0, 0.05) is 0 Å². The molecule has 2 aliphatic heterocycles. The third-order valence-electron chi connectivity index (χ3n) is 8.03. The fraction of sp³-hybridized carbons (Fsp3) is 0.880. The van der Waals surface area contributed by atoms with Crippen molar-refractivity contribution < 1.29 is 90.1 Å². The molecule has 3 rings (SSSR count). The van der Waals surface area contributed by atoms with E-state index in [1.165, 1.54) is 13.0 Å². The molecule has 44 heavy (non-hydrogen) atoms. The largest absolute Gasteiger partial charge is 0.394 e. The molecule has 9 unspecified atom stereocenters. The predicted octanol–water partition coefficient (Wildman–Crippen LogP) is -8.72. The molecule has 0 aromatic rings. The number of carbonyl (C=O) groups excluding carboxylic acids is 1. The van der Waals surface area contributed by atoms with Crippen LogP contribution in [0.3, 0.4) is 0 Å². The maximum atomic E-state index is 10.9. The molecule has 0 bridgehead atoms. The molecule has 14 N–H and O–H groups in total. The number of nitrogens with one attached hydrogen (secondary N) is 1. The molecule has 0 aromatic carbocycles. The van der Waals surface area contributed by atoms with Crippen LogP contribution >= 0.6 is 0 Å². The molecular formula is C25H43NO18. The standard InChI is InChI=1S/C25H43NO18/c1-7-13(26-9-2-8(3-27)14(33)18(37)15(9)34)17(36)20(39)24(41-7)44-23-12(6-30)42-25(21(40)19(23)38)43-22(11(32)5-29)16(35)10(31)4-28/h2,4,7,9-27,29-40H,3,5-6H2,1H3/t7-,9?,10?,11-,12?,13?,14-,15+,16-,17+,18?,19?,20?,21-,22?,23-,24?,25-/m1/s1. The minimum atomic E-state index is -2.10. The van der Waals surface area contributed by atoms with Crippen LogP contribution in [-0.4, -0.2) is 203 Å². The molecule has 0 saturated carbocycles. The lowest BCUT2D eigenvalue weighted by molar-refractivity contribution is -0.361. The van der Waals surface area contributed by atoms with Crippen LogP contribution in [0.15, 0.2) is 11.6 Å². The Labute approximate surface area is 250 Å². The fourth-order valence-electron chi connectivity index (χ4n) is 5.36. The van der Waals surface area contributed by atoms with Crippen LogP contribution in [-0.2, 0) is 23.7 Å². The van der Waals surface area contributed by atoms with Crippen molar-refractivity contribution in [3.63, 3.8) is 0 Å². The average Bonchev–Trinajstić information content (AvgIpc) is 3.02. The highest BCUT2D eigenvalue weighted by molar-refractivity contribution is 5.56. The highest BCUT2D eigenvalue weighted by Gasteiger charge is 2.52. The summed E-state index contributed by atoms with van der Waals surface area (Å²) >= 11 is 0. The van der Waals surface area contributed by atoms with E-state index >= 15 is 0 Å². The van der Waals surface area contributed by atoms with Gasteiger partial charge < -0.3 is 95.4 Å². The molecule has 19 nitrogen and oxygen atoms in total. The molecule has 0 amide bonds. The maximum absolute atomic E-state index is 10.9. The zero-order chi connectivity index (χ0) is 33.0. The SMILES string of the molecule is C[C@H]1OC(O[C@@H]2C(CO)O[C@H](OC([C@H](O)C(O)C=O)[C@H](O)CO)[C@H](O)C2O)C(O)[C@@H](O)C1NC1C=C(CO)[C@@H](O)C(O)[C@H]1O. The normalized spacial score (nSPS) is 44.4. The van der Waals surface area contributed by atoms with Crippen molar-refractivity contribution in [3.8, 4) is 0 Å². The maximum Gasteiger partial charge on any atom is 0.187 e. The van der Waals surface area contributed by atoms with Crippen LogP contribution in [0.1, 0.15) is 6.92 Å². The van der Waals surface area contributed by atoms with Gasteiger partial charge in [0.05, 0.1) is 38.0 Å². The van der Waals surface area contributed by atoms with Gasteiger partial charge in [-0.3, -0.25) is 0 Å². The smallest absolute Gasteiger partial charge is 0.187 e. The van der Waals surface area contributed by atoms with Gasteiger partial charge in [-0.15, -0.1) is 0 Å². The molecule has 3 aliphatic rings. The molecule has 0 radical (unpaired) electrons. The van der Waals surface area contributed by atoms with Gasteiger partial charge in [-0.2, -0.15) is 0 Å². The summed E-state index contributed by atoms with van der Waals surface area (Å²) in [7, 11) is 0. The Kier molecular flexibility index (Phi) is 13.5. The van der Waals surface area contributed by atoms with Crippen molar-refractivity contribution >= 4 is 6.29 Å². The van der Waals surface area contributed by atoms with Crippen molar-refractivity contribution in [1.29, 1.82) is 0 Å². The zero-order valence-corrected chi connectivity index (χ0v) is 23.5. The Morgan fingerprint density at radius 1 is 0.886 bits per heavy atom. The second-order valence-electron chi connectivity index (χ2n) is 11.0. The Morgan fingerprint density at radius 3 is 2.09 bits per heavy atom. The first-order valence-corrected chi connectivity index (χ1v) is 13.9. The van der Waals surface area contributed by atoms with E-state index in [0.29, 0.717) is 0 Å². The van der Waals surface area contributed by atoms with Crippen LogP contribution in [0.5, 0.6) is 0 Å². The van der Waals surface area contributed by atoms with Crippen LogP contribution < -0.4 is 5.32 Å². The summed E-state index contributed by atoms with van der Waals surface area (Å²) in [6.45, 7) is -1.08. The molecule has 0 aromatic heterocycles. The minimum Gasteiger partial charge on any atom is -0.394 e. The fourth-order valence-corrected chi connectivity index (χ4v) is 5.36. The summed E-state index contributed by atoms with van der Waals surface area (Å²) in [6.07, 6.45) is -26.8. The number of aldehydes is 1. The molecule has 1 aliphatic carbocycles. The average molecular weight is 646 g/mol. The number of rotatable bonds is 13. The molecule has 256 valence electrons. The number of hydrogen-bond donors (Lipinski definition) is 14. The van der Waals surface area contributed by atoms with E-state index in [0.717, 1.165) is 0 Å². The highest BCUT2D eigenvalue weighted by atomic mass is 16.7. The second kappa shape index (κ2) is 16.0. The van der Waals surface area contributed by atoms with Gasteiger partial charge >= 0.3 is 0 Å². The summed E-state index contributed by atoms with van der Waals surface area (Å²) in [5.74, 6) is 0. The predicted molar refractivity (Wildman–Crippen MR) is 139 cm³/mol. The van der Waals surface area contributed by atoms with E-state index in [9.17, 15) is 71.2 Å². The minimum absolute atomic E-state index is 0.00900.